The topological polar surface area (TPSA) is 76.2 Å². The summed E-state index contributed by atoms with van der Waals surface area (Å²) in [5.41, 5.74) is 0.724. The standard InChI is InChI=1S/C18H19BrN2O5S/c1-17-15(23)21-13(10-7-9(25-3)5-6-12(10)19)11(14(22)26-4)8-18(21,27-17)16(24)20(17)2/h5-7,11,13H,8H2,1-4H3. The average Bonchev–Trinajstić information content (AvgIpc) is 3.18. The Balaban J connectivity index is 1.91. The fourth-order valence-corrected chi connectivity index (χ4v) is 6.71. The molecule has 144 valence electrons. The summed E-state index contributed by atoms with van der Waals surface area (Å²) >= 11 is 4.85. The SMILES string of the molecule is COC(=O)C1CC23SC(C)(C(=O)N2C1c1cc(OC)ccc1Br)N(C)C3=O. The van der Waals surface area contributed by atoms with Crippen LogP contribution in [0.5, 0.6) is 5.75 Å². The van der Waals surface area contributed by atoms with E-state index in [1.54, 1.807) is 38.1 Å². The summed E-state index contributed by atoms with van der Waals surface area (Å²) in [7, 11) is 4.52. The fourth-order valence-electron chi connectivity index (χ4n) is 4.39. The maximum absolute atomic E-state index is 13.3. The molecule has 3 heterocycles. The van der Waals surface area contributed by atoms with Crippen molar-refractivity contribution in [1.82, 2.24) is 9.80 Å². The first-order valence-corrected chi connectivity index (χ1v) is 10.1. The summed E-state index contributed by atoms with van der Waals surface area (Å²) in [5.74, 6) is -0.784. The highest BCUT2D eigenvalue weighted by Crippen LogP contribution is 2.66. The van der Waals surface area contributed by atoms with Gasteiger partial charge < -0.3 is 19.3 Å². The number of halogens is 1. The van der Waals surface area contributed by atoms with Crippen molar-refractivity contribution in [2.75, 3.05) is 21.3 Å². The molecule has 4 rings (SSSR count). The lowest BCUT2D eigenvalue weighted by molar-refractivity contribution is -0.159. The van der Waals surface area contributed by atoms with Crippen LogP contribution >= 0.6 is 27.7 Å². The number of methoxy groups -OCH3 is 2. The zero-order chi connectivity index (χ0) is 19.7. The molecule has 3 aliphatic rings. The van der Waals surface area contributed by atoms with Crippen LogP contribution in [-0.2, 0) is 19.1 Å². The number of fused-ring (bicyclic) bond motifs is 1. The van der Waals surface area contributed by atoms with Crippen molar-refractivity contribution in [2.24, 2.45) is 5.92 Å². The largest absolute Gasteiger partial charge is 0.497 e. The van der Waals surface area contributed by atoms with Crippen molar-refractivity contribution in [3.63, 3.8) is 0 Å². The fraction of sp³-hybridized carbons (Fsp3) is 0.500. The van der Waals surface area contributed by atoms with Crippen molar-refractivity contribution in [2.45, 2.75) is 29.1 Å². The molecule has 3 aliphatic heterocycles. The lowest BCUT2D eigenvalue weighted by Gasteiger charge is -2.39. The van der Waals surface area contributed by atoms with Gasteiger partial charge in [0, 0.05) is 17.9 Å². The molecule has 2 bridgehead atoms. The molecular formula is C18H19BrN2O5S. The Hall–Kier alpha value is -1.74. The minimum absolute atomic E-state index is 0.148. The average molecular weight is 455 g/mol. The molecular weight excluding hydrogens is 436 g/mol. The van der Waals surface area contributed by atoms with E-state index in [1.807, 2.05) is 6.07 Å². The number of benzene rings is 1. The third-order valence-electron chi connectivity index (χ3n) is 5.83. The molecule has 7 nitrogen and oxygen atoms in total. The van der Waals surface area contributed by atoms with Gasteiger partial charge in [-0.2, -0.15) is 0 Å². The Kier molecular flexibility index (Phi) is 4.05. The second-order valence-corrected chi connectivity index (χ2v) is 9.60. The van der Waals surface area contributed by atoms with Crippen LogP contribution in [0.1, 0.15) is 24.9 Å². The van der Waals surface area contributed by atoms with Gasteiger partial charge in [0.1, 0.15) is 5.75 Å². The molecule has 3 fully saturated rings. The van der Waals surface area contributed by atoms with Gasteiger partial charge in [-0.05, 0) is 30.7 Å². The molecule has 9 heteroatoms. The number of hydrogen-bond donors (Lipinski definition) is 0. The van der Waals surface area contributed by atoms with E-state index in [-0.39, 0.29) is 18.2 Å². The van der Waals surface area contributed by atoms with E-state index in [0.717, 1.165) is 10.0 Å². The molecule has 0 saturated carbocycles. The Morgan fingerprint density at radius 1 is 1.30 bits per heavy atom. The number of esters is 1. The molecule has 0 aliphatic carbocycles. The van der Waals surface area contributed by atoms with Gasteiger partial charge in [-0.3, -0.25) is 14.4 Å². The molecule has 4 unspecified atom stereocenters. The number of hydrogen-bond acceptors (Lipinski definition) is 6. The number of piperazine rings is 1. The molecule has 1 aromatic rings. The molecule has 27 heavy (non-hydrogen) atoms. The maximum Gasteiger partial charge on any atom is 0.311 e. The molecule has 1 aromatic carbocycles. The Morgan fingerprint density at radius 3 is 2.63 bits per heavy atom. The number of nitrogens with zero attached hydrogens (tertiary/aromatic N) is 2. The quantitative estimate of drug-likeness (QED) is 0.651. The van der Waals surface area contributed by atoms with Crippen molar-refractivity contribution < 1.29 is 23.9 Å². The zero-order valence-corrected chi connectivity index (χ0v) is 17.7. The Morgan fingerprint density at radius 2 is 2.00 bits per heavy atom. The minimum atomic E-state index is -1.08. The van der Waals surface area contributed by atoms with Gasteiger partial charge in [0.15, 0.2) is 9.74 Å². The van der Waals surface area contributed by atoms with E-state index in [9.17, 15) is 14.4 Å². The molecule has 3 saturated heterocycles. The molecule has 2 amide bonds. The lowest BCUT2D eigenvalue weighted by atomic mass is 9.92. The highest BCUT2D eigenvalue weighted by atomic mass is 79.9. The number of rotatable bonds is 3. The number of amides is 2. The van der Waals surface area contributed by atoms with Crippen molar-refractivity contribution in [3.8, 4) is 5.75 Å². The summed E-state index contributed by atoms with van der Waals surface area (Å²) in [6.45, 7) is 1.76. The summed E-state index contributed by atoms with van der Waals surface area (Å²) in [6.07, 6.45) is 0.225. The Labute approximate surface area is 169 Å². The maximum atomic E-state index is 13.3. The highest BCUT2D eigenvalue weighted by Gasteiger charge is 2.77. The lowest BCUT2D eigenvalue weighted by Crippen LogP contribution is -2.60. The van der Waals surface area contributed by atoms with Crippen LogP contribution in [-0.4, -0.2) is 58.6 Å². The molecule has 0 N–H and O–H groups in total. The smallest absolute Gasteiger partial charge is 0.311 e. The van der Waals surface area contributed by atoms with Crippen LogP contribution in [0.25, 0.3) is 0 Å². The number of thioether (sulfide) groups is 1. The molecule has 0 radical (unpaired) electrons. The van der Waals surface area contributed by atoms with Crippen LogP contribution in [0.2, 0.25) is 0 Å². The first-order valence-electron chi connectivity index (χ1n) is 8.44. The molecule has 4 atom stereocenters. The summed E-state index contributed by atoms with van der Waals surface area (Å²) in [4.78, 5) is 40.1. The second kappa shape index (κ2) is 5.88. The van der Waals surface area contributed by atoms with Crippen molar-refractivity contribution in [1.29, 1.82) is 0 Å². The van der Waals surface area contributed by atoms with Gasteiger partial charge in [-0.15, -0.1) is 0 Å². The van der Waals surface area contributed by atoms with E-state index in [4.69, 9.17) is 9.47 Å². The number of carbonyl (C=O) groups excluding carboxylic acids is 3. The van der Waals surface area contributed by atoms with E-state index in [2.05, 4.69) is 15.9 Å². The van der Waals surface area contributed by atoms with E-state index in [0.29, 0.717) is 5.75 Å². The third-order valence-corrected chi connectivity index (χ3v) is 8.28. The summed E-state index contributed by atoms with van der Waals surface area (Å²) in [5, 5.41) is 0. The normalized spacial score (nSPS) is 34.3. The number of likely N-dealkylation sites (N-methyl/N-ethyl adjacent to an activating group) is 1. The predicted molar refractivity (Wildman–Crippen MR) is 102 cm³/mol. The van der Waals surface area contributed by atoms with Crippen LogP contribution in [0.15, 0.2) is 22.7 Å². The van der Waals surface area contributed by atoms with Crippen LogP contribution in [0, 0.1) is 5.92 Å². The first kappa shape index (κ1) is 18.6. The van der Waals surface area contributed by atoms with Crippen molar-refractivity contribution >= 4 is 45.5 Å². The molecule has 1 spiro atoms. The molecule has 0 aromatic heterocycles. The van der Waals surface area contributed by atoms with Gasteiger partial charge >= 0.3 is 5.97 Å². The van der Waals surface area contributed by atoms with Crippen LogP contribution < -0.4 is 4.74 Å². The van der Waals surface area contributed by atoms with Crippen LogP contribution in [0.3, 0.4) is 0 Å². The number of carbonyl (C=O) groups is 3. The number of ether oxygens (including phenoxy) is 2. The monoisotopic (exact) mass is 454 g/mol. The highest BCUT2D eigenvalue weighted by molar-refractivity contribution is 9.10. The van der Waals surface area contributed by atoms with Gasteiger partial charge in [-0.1, -0.05) is 27.7 Å². The van der Waals surface area contributed by atoms with Gasteiger partial charge in [0.05, 0.1) is 26.2 Å². The first-order chi connectivity index (χ1) is 12.7. The minimum Gasteiger partial charge on any atom is -0.497 e. The van der Waals surface area contributed by atoms with Gasteiger partial charge in [-0.25, -0.2) is 0 Å². The zero-order valence-electron chi connectivity index (χ0n) is 15.3. The van der Waals surface area contributed by atoms with Gasteiger partial charge in [0.25, 0.3) is 11.8 Å². The van der Waals surface area contributed by atoms with E-state index in [1.165, 1.54) is 23.8 Å². The van der Waals surface area contributed by atoms with Crippen LogP contribution in [0.4, 0.5) is 0 Å². The van der Waals surface area contributed by atoms with E-state index < -0.39 is 27.7 Å². The summed E-state index contributed by atoms with van der Waals surface area (Å²) in [6, 6.07) is 4.79. The predicted octanol–water partition coefficient (Wildman–Crippen LogP) is 2.15. The summed E-state index contributed by atoms with van der Waals surface area (Å²) < 4.78 is 11.1. The second-order valence-electron chi connectivity index (χ2n) is 7.07. The van der Waals surface area contributed by atoms with Gasteiger partial charge in [0.2, 0.25) is 0 Å². The van der Waals surface area contributed by atoms with E-state index >= 15 is 0 Å². The van der Waals surface area contributed by atoms with Crippen molar-refractivity contribution in [3.05, 3.63) is 28.2 Å². The third kappa shape index (κ3) is 2.18. The Bertz CT molecular complexity index is 879.